The van der Waals surface area contributed by atoms with E-state index in [0.717, 1.165) is 23.4 Å². The van der Waals surface area contributed by atoms with Crippen LogP contribution in [0.25, 0.3) is 0 Å². The van der Waals surface area contributed by atoms with Crippen molar-refractivity contribution in [3.8, 4) is 0 Å². The van der Waals surface area contributed by atoms with Crippen molar-refractivity contribution in [2.75, 3.05) is 7.05 Å². The Morgan fingerprint density at radius 2 is 2.38 bits per heavy atom. The molecule has 0 spiro atoms. The quantitative estimate of drug-likeness (QED) is 0.843. The van der Waals surface area contributed by atoms with E-state index in [0.29, 0.717) is 0 Å². The minimum Gasteiger partial charge on any atom is -0.469 e. The molecule has 2 aromatic heterocycles. The molecule has 86 valence electrons. The Bertz CT molecular complexity index is 460. The van der Waals surface area contributed by atoms with Gasteiger partial charge in [0.05, 0.1) is 24.2 Å². The Balaban J connectivity index is 2.40. The molecule has 5 heteroatoms. The third-order valence-electron chi connectivity index (χ3n) is 2.75. The lowest BCUT2D eigenvalue weighted by Gasteiger charge is -2.15. The fourth-order valence-electron chi connectivity index (χ4n) is 1.92. The molecular weight excluding hydrogens is 204 g/mol. The van der Waals surface area contributed by atoms with Crippen molar-refractivity contribution >= 4 is 0 Å². The van der Waals surface area contributed by atoms with E-state index in [9.17, 15) is 0 Å². The van der Waals surface area contributed by atoms with Gasteiger partial charge in [0, 0.05) is 19.0 Å². The van der Waals surface area contributed by atoms with Gasteiger partial charge in [0.15, 0.2) is 0 Å². The molecule has 0 aliphatic rings. The second-order valence-corrected chi connectivity index (χ2v) is 3.66. The summed E-state index contributed by atoms with van der Waals surface area (Å²) >= 11 is 0. The summed E-state index contributed by atoms with van der Waals surface area (Å²) in [7, 11) is 3.81. The van der Waals surface area contributed by atoms with Crippen LogP contribution in [0.1, 0.15) is 30.0 Å². The van der Waals surface area contributed by atoms with E-state index in [1.807, 2.05) is 20.2 Å². The van der Waals surface area contributed by atoms with Crippen LogP contribution < -0.4 is 5.32 Å². The van der Waals surface area contributed by atoms with Crippen LogP contribution in [-0.2, 0) is 13.5 Å². The van der Waals surface area contributed by atoms with Crippen molar-refractivity contribution < 1.29 is 4.42 Å². The first-order valence-electron chi connectivity index (χ1n) is 5.36. The molecule has 0 aliphatic heterocycles. The maximum atomic E-state index is 5.44. The van der Waals surface area contributed by atoms with Gasteiger partial charge in [-0.05, 0) is 13.1 Å². The van der Waals surface area contributed by atoms with Crippen molar-refractivity contribution in [3.63, 3.8) is 0 Å². The van der Waals surface area contributed by atoms with E-state index in [1.54, 1.807) is 17.1 Å². The van der Waals surface area contributed by atoms with Gasteiger partial charge in [-0.2, -0.15) is 0 Å². The van der Waals surface area contributed by atoms with Crippen LogP contribution in [0.4, 0.5) is 0 Å². The Morgan fingerprint density at radius 3 is 2.94 bits per heavy atom. The fourth-order valence-corrected chi connectivity index (χ4v) is 1.92. The third kappa shape index (κ3) is 1.74. The maximum Gasteiger partial charge on any atom is 0.108 e. The van der Waals surface area contributed by atoms with E-state index < -0.39 is 0 Å². The summed E-state index contributed by atoms with van der Waals surface area (Å²) in [6.07, 6.45) is 4.38. The molecule has 0 aromatic carbocycles. The van der Waals surface area contributed by atoms with Crippen LogP contribution in [0.2, 0.25) is 0 Å². The Labute approximate surface area is 94.5 Å². The van der Waals surface area contributed by atoms with Gasteiger partial charge in [0.25, 0.3) is 0 Å². The molecule has 1 unspecified atom stereocenters. The molecule has 1 atom stereocenters. The summed E-state index contributed by atoms with van der Waals surface area (Å²) in [5, 5.41) is 11.1. The second-order valence-electron chi connectivity index (χ2n) is 3.66. The minimum atomic E-state index is 0.0775. The van der Waals surface area contributed by atoms with Crippen LogP contribution in [-0.4, -0.2) is 22.0 Å². The van der Waals surface area contributed by atoms with Gasteiger partial charge in [0.1, 0.15) is 5.76 Å². The number of hydrogen-bond donors (Lipinski definition) is 1. The van der Waals surface area contributed by atoms with E-state index in [1.165, 1.54) is 0 Å². The first kappa shape index (κ1) is 10.9. The van der Waals surface area contributed by atoms with Crippen molar-refractivity contribution in [1.29, 1.82) is 0 Å². The second kappa shape index (κ2) is 4.49. The average Bonchev–Trinajstić information content (AvgIpc) is 2.90. The highest BCUT2D eigenvalue weighted by molar-refractivity contribution is 5.28. The molecule has 0 bridgehead atoms. The van der Waals surface area contributed by atoms with Crippen LogP contribution in [0.5, 0.6) is 0 Å². The van der Waals surface area contributed by atoms with Crippen LogP contribution in [0, 0.1) is 0 Å². The van der Waals surface area contributed by atoms with Gasteiger partial charge in [-0.25, -0.2) is 0 Å². The molecule has 2 rings (SSSR count). The standard InChI is InChI=1S/C11H16N4O/c1-4-10-8(5-6-16-10)11(12-2)9-7-13-14-15(9)3/h5-7,11-12H,4H2,1-3H3. The number of aryl methyl sites for hydroxylation is 2. The average molecular weight is 220 g/mol. The molecule has 0 radical (unpaired) electrons. The van der Waals surface area contributed by atoms with Gasteiger partial charge < -0.3 is 9.73 Å². The zero-order valence-corrected chi connectivity index (χ0v) is 9.77. The van der Waals surface area contributed by atoms with Gasteiger partial charge >= 0.3 is 0 Å². The van der Waals surface area contributed by atoms with Gasteiger partial charge in [-0.1, -0.05) is 12.1 Å². The number of nitrogens with one attached hydrogen (secondary N) is 1. The topological polar surface area (TPSA) is 55.9 Å². The maximum absolute atomic E-state index is 5.44. The monoisotopic (exact) mass is 220 g/mol. The number of furan rings is 1. The number of nitrogens with zero attached hydrogens (tertiary/aromatic N) is 3. The highest BCUT2D eigenvalue weighted by Crippen LogP contribution is 2.25. The minimum absolute atomic E-state index is 0.0775. The molecule has 0 fully saturated rings. The zero-order valence-electron chi connectivity index (χ0n) is 9.77. The first-order chi connectivity index (χ1) is 7.77. The highest BCUT2D eigenvalue weighted by Gasteiger charge is 2.20. The third-order valence-corrected chi connectivity index (χ3v) is 2.75. The summed E-state index contributed by atoms with van der Waals surface area (Å²) in [6.45, 7) is 2.08. The normalized spacial score (nSPS) is 12.9. The molecule has 1 N–H and O–H groups in total. The van der Waals surface area contributed by atoms with Crippen LogP contribution in [0.3, 0.4) is 0 Å². The van der Waals surface area contributed by atoms with Gasteiger partial charge in [-0.3, -0.25) is 4.68 Å². The molecule has 0 saturated carbocycles. The number of rotatable bonds is 4. The molecule has 0 saturated heterocycles. The van der Waals surface area contributed by atoms with Crippen molar-refractivity contribution in [2.45, 2.75) is 19.4 Å². The number of hydrogen-bond acceptors (Lipinski definition) is 4. The van der Waals surface area contributed by atoms with Gasteiger partial charge in [-0.15, -0.1) is 5.10 Å². The lowest BCUT2D eigenvalue weighted by atomic mass is 10.0. The lowest BCUT2D eigenvalue weighted by molar-refractivity contribution is 0.500. The zero-order chi connectivity index (χ0) is 11.5. The molecule has 16 heavy (non-hydrogen) atoms. The van der Waals surface area contributed by atoms with Crippen molar-refractivity contribution in [3.05, 3.63) is 35.5 Å². The largest absolute Gasteiger partial charge is 0.469 e. The first-order valence-corrected chi connectivity index (χ1v) is 5.36. The van der Waals surface area contributed by atoms with E-state index in [2.05, 4.69) is 22.6 Å². The molecule has 2 heterocycles. The lowest BCUT2D eigenvalue weighted by Crippen LogP contribution is -2.21. The molecule has 2 aromatic rings. The Kier molecular flexibility index (Phi) is 3.05. The van der Waals surface area contributed by atoms with E-state index in [4.69, 9.17) is 4.42 Å². The summed E-state index contributed by atoms with van der Waals surface area (Å²) in [5.41, 5.74) is 2.18. The number of aromatic nitrogens is 3. The predicted octanol–water partition coefficient (Wildman–Crippen LogP) is 1.28. The van der Waals surface area contributed by atoms with Gasteiger partial charge in [0.2, 0.25) is 0 Å². The van der Waals surface area contributed by atoms with E-state index in [-0.39, 0.29) is 6.04 Å². The fraction of sp³-hybridized carbons (Fsp3) is 0.455. The Morgan fingerprint density at radius 1 is 1.56 bits per heavy atom. The smallest absolute Gasteiger partial charge is 0.108 e. The van der Waals surface area contributed by atoms with Crippen LogP contribution >= 0.6 is 0 Å². The van der Waals surface area contributed by atoms with Crippen LogP contribution in [0.15, 0.2) is 22.9 Å². The summed E-state index contributed by atoms with van der Waals surface area (Å²) in [5.74, 6) is 1.00. The van der Waals surface area contributed by atoms with E-state index >= 15 is 0 Å². The Hall–Kier alpha value is -1.62. The summed E-state index contributed by atoms with van der Waals surface area (Å²) < 4.78 is 7.22. The molecular formula is C11H16N4O. The summed E-state index contributed by atoms with van der Waals surface area (Å²) in [6, 6.07) is 2.07. The SMILES string of the molecule is CCc1occc1C(NC)c1cnnn1C. The predicted molar refractivity (Wildman–Crippen MR) is 60.0 cm³/mol. The van der Waals surface area contributed by atoms with Crippen molar-refractivity contribution in [1.82, 2.24) is 20.3 Å². The van der Waals surface area contributed by atoms with Crippen molar-refractivity contribution in [2.24, 2.45) is 7.05 Å². The highest BCUT2D eigenvalue weighted by atomic mass is 16.3. The molecule has 0 amide bonds. The molecule has 0 aliphatic carbocycles. The molecule has 5 nitrogen and oxygen atoms in total. The summed E-state index contributed by atoms with van der Waals surface area (Å²) in [4.78, 5) is 0.